The van der Waals surface area contributed by atoms with Crippen LogP contribution in [0.4, 0.5) is 4.39 Å². The van der Waals surface area contributed by atoms with Gasteiger partial charge in [0, 0.05) is 17.7 Å². The molecule has 0 spiro atoms. The number of aromatic nitrogens is 4. The first-order chi connectivity index (χ1) is 8.83. The summed E-state index contributed by atoms with van der Waals surface area (Å²) in [5.74, 6) is 1.13. The molecule has 6 nitrogen and oxygen atoms in total. The van der Waals surface area contributed by atoms with Crippen LogP contribution in [-0.4, -0.2) is 33.8 Å². The zero-order chi connectivity index (χ0) is 12.8. The predicted molar refractivity (Wildman–Crippen MR) is 63.4 cm³/mol. The normalized spacial score (nSPS) is 11.6. The summed E-state index contributed by atoms with van der Waals surface area (Å²) in [7, 11) is 0. The number of tetrazole rings is 1. The van der Waals surface area contributed by atoms with Gasteiger partial charge in [0.25, 0.3) is 0 Å². The number of nitrogens with zero attached hydrogens (tertiary/aromatic N) is 3. The molecule has 0 bridgehead atoms. The molecule has 0 aliphatic heterocycles. The molecule has 7 heteroatoms. The lowest BCUT2D eigenvalue weighted by molar-refractivity contribution is 0.347. The van der Waals surface area contributed by atoms with Crippen molar-refractivity contribution in [2.75, 3.05) is 13.2 Å². The maximum Gasteiger partial charge on any atom is 0.204 e. The topological polar surface area (TPSA) is 89.7 Å². The Balaban J connectivity index is 2.00. The molecule has 2 rings (SSSR count). The summed E-state index contributed by atoms with van der Waals surface area (Å²) < 4.78 is 17.6. The van der Waals surface area contributed by atoms with E-state index in [2.05, 4.69) is 20.6 Å². The Morgan fingerprint density at radius 1 is 1.39 bits per heavy atom. The second-order valence-corrected chi connectivity index (χ2v) is 3.52. The van der Waals surface area contributed by atoms with Crippen LogP contribution < -0.4 is 10.5 Å². The van der Waals surface area contributed by atoms with E-state index in [0.717, 1.165) is 5.56 Å². The number of benzene rings is 1. The molecule has 3 N–H and O–H groups in total. The fourth-order valence-electron chi connectivity index (χ4n) is 1.30. The molecule has 0 radical (unpaired) electrons. The van der Waals surface area contributed by atoms with E-state index in [-0.39, 0.29) is 13.2 Å². The largest absolute Gasteiger partial charge is 0.489 e. The molecule has 0 atom stereocenters. The Labute approximate surface area is 103 Å². The van der Waals surface area contributed by atoms with E-state index in [1.807, 2.05) is 0 Å². The number of hydrogen-bond donors (Lipinski definition) is 2. The minimum atomic E-state index is 0.133. The van der Waals surface area contributed by atoms with Crippen molar-refractivity contribution in [3.8, 4) is 17.1 Å². The SMILES string of the molecule is NC/C(=C\F)COc1ccc(-c2nn[nH]n2)cc1. The number of aromatic amines is 1. The summed E-state index contributed by atoms with van der Waals surface area (Å²) in [5, 5.41) is 13.6. The molecule has 0 aliphatic rings. The van der Waals surface area contributed by atoms with Gasteiger partial charge in [0.2, 0.25) is 5.82 Å². The summed E-state index contributed by atoms with van der Waals surface area (Å²) in [6, 6.07) is 7.08. The van der Waals surface area contributed by atoms with E-state index in [0.29, 0.717) is 23.5 Å². The molecule has 1 heterocycles. The van der Waals surface area contributed by atoms with E-state index in [9.17, 15) is 4.39 Å². The van der Waals surface area contributed by atoms with Crippen molar-refractivity contribution in [2.45, 2.75) is 0 Å². The van der Waals surface area contributed by atoms with Gasteiger partial charge in [-0.05, 0) is 29.5 Å². The Bertz CT molecular complexity index is 509. The first-order valence-electron chi connectivity index (χ1n) is 5.28. The number of halogens is 1. The first kappa shape index (κ1) is 12.2. The molecule has 0 aliphatic carbocycles. The highest BCUT2D eigenvalue weighted by molar-refractivity contribution is 5.54. The quantitative estimate of drug-likeness (QED) is 0.826. The molecule has 0 saturated carbocycles. The number of nitrogens with two attached hydrogens (primary N) is 1. The van der Waals surface area contributed by atoms with E-state index in [1.54, 1.807) is 24.3 Å². The van der Waals surface area contributed by atoms with Crippen molar-refractivity contribution in [1.29, 1.82) is 0 Å². The van der Waals surface area contributed by atoms with Gasteiger partial charge in [-0.15, -0.1) is 10.2 Å². The van der Waals surface area contributed by atoms with Crippen molar-refractivity contribution in [3.05, 3.63) is 36.2 Å². The predicted octanol–water partition coefficient (Wildman–Crippen LogP) is 1.06. The summed E-state index contributed by atoms with van der Waals surface area (Å²) in [6.07, 6.45) is 0.466. The fourth-order valence-corrected chi connectivity index (χ4v) is 1.30. The van der Waals surface area contributed by atoms with Gasteiger partial charge in [0.05, 0.1) is 6.33 Å². The molecule has 1 aromatic carbocycles. The maximum atomic E-state index is 12.3. The van der Waals surface area contributed by atoms with Crippen LogP contribution in [0.1, 0.15) is 0 Å². The van der Waals surface area contributed by atoms with Crippen molar-refractivity contribution in [2.24, 2.45) is 5.73 Å². The number of ether oxygens (including phenoxy) is 1. The van der Waals surface area contributed by atoms with E-state index < -0.39 is 0 Å². The van der Waals surface area contributed by atoms with Crippen LogP contribution in [0.3, 0.4) is 0 Å². The van der Waals surface area contributed by atoms with Gasteiger partial charge in [-0.2, -0.15) is 5.21 Å². The highest BCUT2D eigenvalue weighted by Crippen LogP contribution is 2.18. The van der Waals surface area contributed by atoms with Crippen LogP contribution >= 0.6 is 0 Å². The van der Waals surface area contributed by atoms with Crippen LogP contribution in [-0.2, 0) is 0 Å². The summed E-state index contributed by atoms with van der Waals surface area (Å²) in [4.78, 5) is 0. The third-order valence-corrected chi connectivity index (χ3v) is 2.30. The van der Waals surface area contributed by atoms with Gasteiger partial charge in [-0.25, -0.2) is 4.39 Å². The number of hydrogen-bond acceptors (Lipinski definition) is 5. The summed E-state index contributed by atoms with van der Waals surface area (Å²) in [6.45, 7) is 0.270. The number of rotatable bonds is 5. The molecule has 0 unspecified atom stereocenters. The molecule has 1 aromatic heterocycles. The molecule has 94 valence electrons. The second-order valence-electron chi connectivity index (χ2n) is 3.52. The van der Waals surface area contributed by atoms with Gasteiger partial charge in [-0.1, -0.05) is 0 Å². The van der Waals surface area contributed by atoms with Crippen LogP contribution in [0.2, 0.25) is 0 Å². The Kier molecular flexibility index (Phi) is 3.98. The zero-order valence-corrected chi connectivity index (χ0v) is 9.51. The maximum absolute atomic E-state index is 12.3. The molecule has 2 aromatic rings. The average molecular weight is 249 g/mol. The average Bonchev–Trinajstić information content (AvgIpc) is 2.94. The second kappa shape index (κ2) is 5.87. The highest BCUT2D eigenvalue weighted by Gasteiger charge is 2.03. The van der Waals surface area contributed by atoms with Crippen molar-refractivity contribution in [3.63, 3.8) is 0 Å². The number of H-pyrrole nitrogens is 1. The van der Waals surface area contributed by atoms with Crippen molar-refractivity contribution in [1.82, 2.24) is 20.6 Å². The summed E-state index contributed by atoms with van der Waals surface area (Å²) >= 11 is 0. The third kappa shape index (κ3) is 2.89. The fraction of sp³-hybridized carbons (Fsp3) is 0.182. The van der Waals surface area contributed by atoms with Crippen LogP contribution in [0, 0.1) is 0 Å². The third-order valence-electron chi connectivity index (χ3n) is 2.30. The highest BCUT2D eigenvalue weighted by atomic mass is 19.1. The standard InChI is InChI=1S/C11H12FN5O/c12-5-8(6-13)7-18-10-3-1-9(2-4-10)11-14-16-17-15-11/h1-5H,6-7,13H2,(H,14,15,16,17)/b8-5+. The molecule has 0 saturated heterocycles. The number of nitrogens with one attached hydrogen (secondary N) is 1. The lowest BCUT2D eigenvalue weighted by atomic mass is 10.2. The minimum absolute atomic E-state index is 0.133. The molecule has 0 amide bonds. The van der Waals surface area contributed by atoms with Crippen LogP contribution in [0.15, 0.2) is 36.2 Å². The Hall–Kier alpha value is -2.28. The van der Waals surface area contributed by atoms with Gasteiger partial charge >= 0.3 is 0 Å². The first-order valence-corrected chi connectivity index (χ1v) is 5.28. The van der Waals surface area contributed by atoms with Crippen molar-refractivity contribution >= 4 is 0 Å². The molecular weight excluding hydrogens is 237 g/mol. The van der Waals surface area contributed by atoms with E-state index in [1.165, 1.54) is 0 Å². The van der Waals surface area contributed by atoms with Gasteiger partial charge in [-0.3, -0.25) is 0 Å². The van der Waals surface area contributed by atoms with Crippen LogP contribution in [0.5, 0.6) is 5.75 Å². The molecular formula is C11H12FN5O. The van der Waals surface area contributed by atoms with Gasteiger partial charge < -0.3 is 10.5 Å². The Morgan fingerprint density at radius 3 is 2.72 bits per heavy atom. The smallest absolute Gasteiger partial charge is 0.204 e. The zero-order valence-electron chi connectivity index (χ0n) is 9.51. The monoisotopic (exact) mass is 249 g/mol. The van der Waals surface area contributed by atoms with Crippen molar-refractivity contribution < 1.29 is 9.13 Å². The lowest BCUT2D eigenvalue weighted by Gasteiger charge is -2.07. The van der Waals surface area contributed by atoms with E-state index >= 15 is 0 Å². The minimum Gasteiger partial charge on any atom is -0.489 e. The Morgan fingerprint density at radius 2 is 2.17 bits per heavy atom. The van der Waals surface area contributed by atoms with E-state index in [4.69, 9.17) is 10.5 Å². The lowest BCUT2D eigenvalue weighted by Crippen LogP contribution is -2.10. The molecule has 0 fully saturated rings. The van der Waals surface area contributed by atoms with Crippen LogP contribution in [0.25, 0.3) is 11.4 Å². The molecule has 18 heavy (non-hydrogen) atoms. The van der Waals surface area contributed by atoms with Gasteiger partial charge in [0.1, 0.15) is 12.4 Å². The summed E-state index contributed by atoms with van der Waals surface area (Å²) in [5.41, 5.74) is 6.54. The van der Waals surface area contributed by atoms with Gasteiger partial charge in [0.15, 0.2) is 0 Å².